The first-order valence-corrected chi connectivity index (χ1v) is 7.17. The van der Waals surface area contributed by atoms with E-state index in [-0.39, 0.29) is 5.41 Å². The van der Waals surface area contributed by atoms with Crippen LogP contribution in [0.5, 0.6) is 0 Å². The average Bonchev–Trinajstić information content (AvgIpc) is 3.04. The molecule has 0 bridgehead atoms. The first kappa shape index (κ1) is 12.9. The Morgan fingerprint density at radius 2 is 2.29 bits per heavy atom. The Morgan fingerprint density at radius 1 is 1.53 bits per heavy atom. The van der Waals surface area contributed by atoms with Crippen LogP contribution in [0.1, 0.15) is 46.0 Å². The van der Waals surface area contributed by atoms with Crippen molar-refractivity contribution >= 4 is 5.91 Å². The summed E-state index contributed by atoms with van der Waals surface area (Å²) in [6, 6.07) is 0. The lowest BCUT2D eigenvalue weighted by Crippen LogP contribution is -2.50. The van der Waals surface area contributed by atoms with E-state index in [1.54, 1.807) is 0 Å². The zero-order valence-electron chi connectivity index (χ0n) is 11.2. The third-order valence-corrected chi connectivity index (χ3v) is 4.48. The summed E-state index contributed by atoms with van der Waals surface area (Å²) in [6.07, 6.45) is 5.59. The Bertz CT molecular complexity index is 266. The zero-order chi connectivity index (χ0) is 12.3. The van der Waals surface area contributed by atoms with Gasteiger partial charge >= 0.3 is 0 Å². The molecule has 3 heteroatoms. The van der Waals surface area contributed by atoms with Gasteiger partial charge in [0.2, 0.25) is 5.91 Å². The predicted octanol–water partition coefficient (Wildman–Crippen LogP) is 1.93. The van der Waals surface area contributed by atoms with E-state index >= 15 is 0 Å². The third kappa shape index (κ3) is 3.01. The van der Waals surface area contributed by atoms with Gasteiger partial charge in [-0.2, -0.15) is 0 Å². The molecule has 2 N–H and O–H groups in total. The highest BCUT2D eigenvalue weighted by molar-refractivity contribution is 5.83. The van der Waals surface area contributed by atoms with Crippen LogP contribution in [-0.2, 0) is 4.79 Å². The largest absolute Gasteiger partial charge is 0.355 e. The fourth-order valence-electron chi connectivity index (χ4n) is 3.06. The minimum absolute atomic E-state index is 0.120. The van der Waals surface area contributed by atoms with Gasteiger partial charge in [0.1, 0.15) is 0 Å². The Balaban J connectivity index is 1.87. The van der Waals surface area contributed by atoms with Gasteiger partial charge in [-0.05, 0) is 44.1 Å². The number of piperidine rings is 1. The summed E-state index contributed by atoms with van der Waals surface area (Å²) in [5.41, 5.74) is -0.120. The second kappa shape index (κ2) is 5.38. The van der Waals surface area contributed by atoms with Gasteiger partial charge in [-0.3, -0.25) is 4.79 Å². The van der Waals surface area contributed by atoms with Gasteiger partial charge in [0.25, 0.3) is 0 Å². The highest BCUT2D eigenvalue weighted by atomic mass is 16.2. The topological polar surface area (TPSA) is 41.1 Å². The molecule has 2 fully saturated rings. The smallest absolute Gasteiger partial charge is 0.227 e. The Labute approximate surface area is 105 Å². The number of carbonyl (C=O) groups excluding carboxylic acids is 1. The van der Waals surface area contributed by atoms with Crippen LogP contribution in [0.2, 0.25) is 0 Å². The first-order chi connectivity index (χ1) is 8.18. The molecule has 3 nitrogen and oxygen atoms in total. The lowest BCUT2D eigenvalue weighted by atomic mass is 9.76. The molecule has 0 radical (unpaired) electrons. The molecule has 1 aliphatic carbocycles. The maximum atomic E-state index is 12.4. The summed E-state index contributed by atoms with van der Waals surface area (Å²) in [4.78, 5) is 12.4. The molecule has 17 heavy (non-hydrogen) atoms. The van der Waals surface area contributed by atoms with Crippen LogP contribution < -0.4 is 10.6 Å². The SMILES string of the molecule is CCCC1(C(=O)NCC2CC2C)CCCNC1. The number of nitrogens with one attached hydrogen (secondary N) is 2. The average molecular weight is 238 g/mol. The Kier molecular flexibility index (Phi) is 4.08. The standard InChI is InChI=1S/C14H26N2O/c1-3-5-14(6-4-7-15-10-14)13(17)16-9-12-8-11(12)2/h11-12,15H,3-10H2,1-2H3,(H,16,17). The molecule has 3 atom stereocenters. The molecule has 1 saturated carbocycles. The third-order valence-electron chi connectivity index (χ3n) is 4.48. The summed E-state index contributed by atoms with van der Waals surface area (Å²) in [6.45, 7) is 7.27. The fraction of sp³-hybridized carbons (Fsp3) is 0.929. The molecule has 1 heterocycles. The summed E-state index contributed by atoms with van der Waals surface area (Å²) in [7, 11) is 0. The van der Waals surface area contributed by atoms with Gasteiger partial charge in [0.05, 0.1) is 5.41 Å². The minimum Gasteiger partial charge on any atom is -0.355 e. The molecule has 0 spiro atoms. The molecular formula is C14H26N2O. The highest BCUT2D eigenvalue weighted by Crippen LogP contribution is 2.37. The van der Waals surface area contributed by atoms with Crippen molar-refractivity contribution in [2.45, 2.75) is 46.0 Å². The summed E-state index contributed by atoms with van der Waals surface area (Å²) in [5.74, 6) is 1.86. The molecule has 1 amide bonds. The fourth-order valence-corrected chi connectivity index (χ4v) is 3.06. The normalized spacial score (nSPS) is 36.6. The van der Waals surface area contributed by atoms with Gasteiger partial charge in [0, 0.05) is 13.1 Å². The van der Waals surface area contributed by atoms with Gasteiger partial charge in [-0.25, -0.2) is 0 Å². The first-order valence-electron chi connectivity index (χ1n) is 7.17. The van der Waals surface area contributed by atoms with E-state index in [0.29, 0.717) is 5.91 Å². The van der Waals surface area contributed by atoms with Crippen molar-refractivity contribution in [1.29, 1.82) is 0 Å². The molecule has 0 aromatic heterocycles. The monoisotopic (exact) mass is 238 g/mol. The van der Waals surface area contributed by atoms with Crippen LogP contribution in [0.3, 0.4) is 0 Å². The molecule has 2 rings (SSSR count). The van der Waals surface area contributed by atoms with E-state index < -0.39 is 0 Å². The van der Waals surface area contributed by atoms with Crippen molar-refractivity contribution in [2.75, 3.05) is 19.6 Å². The molecule has 3 unspecified atom stereocenters. The van der Waals surface area contributed by atoms with E-state index in [0.717, 1.165) is 57.2 Å². The van der Waals surface area contributed by atoms with Gasteiger partial charge in [-0.1, -0.05) is 20.3 Å². The van der Waals surface area contributed by atoms with Crippen LogP contribution in [0.15, 0.2) is 0 Å². The van der Waals surface area contributed by atoms with Gasteiger partial charge in [-0.15, -0.1) is 0 Å². The molecule has 1 aliphatic heterocycles. The number of carbonyl (C=O) groups is 1. The summed E-state index contributed by atoms with van der Waals surface area (Å²) >= 11 is 0. The van der Waals surface area contributed by atoms with Crippen molar-refractivity contribution in [2.24, 2.45) is 17.3 Å². The number of hydrogen-bond acceptors (Lipinski definition) is 2. The predicted molar refractivity (Wildman–Crippen MR) is 69.7 cm³/mol. The summed E-state index contributed by atoms with van der Waals surface area (Å²) in [5, 5.41) is 6.58. The van der Waals surface area contributed by atoms with E-state index in [4.69, 9.17) is 0 Å². The second-order valence-corrected chi connectivity index (χ2v) is 5.99. The molecule has 0 aromatic carbocycles. The van der Waals surface area contributed by atoms with Crippen molar-refractivity contribution in [3.63, 3.8) is 0 Å². The van der Waals surface area contributed by atoms with Crippen molar-refractivity contribution in [1.82, 2.24) is 10.6 Å². The molecular weight excluding hydrogens is 212 g/mol. The molecule has 2 aliphatic rings. The quantitative estimate of drug-likeness (QED) is 0.768. The number of amides is 1. The van der Waals surface area contributed by atoms with E-state index in [2.05, 4.69) is 24.5 Å². The molecule has 98 valence electrons. The van der Waals surface area contributed by atoms with Crippen molar-refractivity contribution in [3.8, 4) is 0 Å². The van der Waals surface area contributed by atoms with Crippen molar-refractivity contribution in [3.05, 3.63) is 0 Å². The van der Waals surface area contributed by atoms with E-state index in [1.807, 2.05) is 0 Å². The molecule has 1 saturated heterocycles. The summed E-state index contributed by atoms with van der Waals surface area (Å²) < 4.78 is 0. The highest BCUT2D eigenvalue weighted by Gasteiger charge is 2.40. The second-order valence-electron chi connectivity index (χ2n) is 5.99. The zero-order valence-corrected chi connectivity index (χ0v) is 11.2. The number of rotatable bonds is 5. The minimum atomic E-state index is -0.120. The Morgan fingerprint density at radius 3 is 2.82 bits per heavy atom. The van der Waals surface area contributed by atoms with E-state index in [9.17, 15) is 4.79 Å². The van der Waals surface area contributed by atoms with E-state index in [1.165, 1.54) is 6.42 Å². The maximum absolute atomic E-state index is 12.4. The van der Waals surface area contributed by atoms with Crippen LogP contribution in [-0.4, -0.2) is 25.5 Å². The lowest BCUT2D eigenvalue weighted by molar-refractivity contribution is -0.132. The van der Waals surface area contributed by atoms with Crippen LogP contribution in [0, 0.1) is 17.3 Å². The number of hydrogen-bond donors (Lipinski definition) is 2. The lowest BCUT2D eigenvalue weighted by Gasteiger charge is -2.36. The van der Waals surface area contributed by atoms with Gasteiger partial charge in [0.15, 0.2) is 0 Å². The molecule has 0 aromatic rings. The van der Waals surface area contributed by atoms with Crippen molar-refractivity contribution < 1.29 is 4.79 Å². The van der Waals surface area contributed by atoms with Crippen LogP contribution in [0.4, 0.5) is 0 Å². The van der Waals surface area contributed by atoms with Crippen LogP contribution in [0.25, 0.3) is 0 Å². The van der Waals surface area contributed by atoms with Gasteiger partial charge < -0.3 is 10.6 Å². The maximum Gasteiger partial charge on any atom is 0.227 e. The van der Waals surface area contributed by atoms with Crippen LogP contribution >= 0.6 is 0 Å². The Hall–Kier alpha value is -0.570.